The molecule has 1 aliphatic heterocycles. The van der Waals surface area contributed by atoms with Gasteiger partial charge >= 0.3 is 12.1 Å². The second-order valence-electron chi connectivity index (χ2n) is 6.38. The summed E-state index contributed by atoms with van der Waals surface area (Å²) in [6, 6.07) is 8.34. The molecule has 0 atom stereocenters. The first-order chi connectivity index (χ1) is 13.5. The Morgan fingerprint density at radius 3 is 2.57 bits per heavy atom. The van der Waals surface area contributed by atoms with Gasteiger partial charge in [-0.3, -0.25) is 0 Å². The first-order valence-electron chi connectivity index (χ1n) is 9.17. The summed E-state index contributed by atoms with van der Waals surface area (Å²) in [4.78, 5) is 33.1. The Labute approximate surface area is 162 Å². The molecule has 1 saturated heterocycles. The van der Waals surface area contributed by atoms with Crippen LogP contribution in [0.3, 0.4) is 0 Å². The van der Waals surface area contributed by atoms with E-state index >= 15 is 0 Å². The van der Waals surface area contributed by atoms with Crippen molar-refractivity contribution in [3.8, 4) is 0 Å². The molecule has 2 heterocycles. The number of aromatic nitrogens is 2. The SMILES string of the molecule is CCOC(=O)N1CCC(Nc2nccc(Nc3ccc(C(=O)O)cc3)n2)CC1. The molecule has 148 valence electrons. The summed E-state index contributed by atoms with van der Waals surface area (Å²) in [7, 11) is 0. The van der Waals surface area contributed by atoms with Crippen LogP contribution < -0.4 is 10.6 Å². The van der Waals surface area contributed by atoms with E-state index in [-0.39, 0.29) is 17.7 Å². The number of piperidine rings is 1. The number of hydrogen-bond acceptors (Lipinski definition) is 7. The average Bonchev–Trinajstić information content (AvgIpc) is 2.69. The third-order valence-corrected chi connectivity index (χ3v) is 4.41. The van der Waals surface area contributed by atoms with Gasteiger partial charge in [0.05, 0.1) is 12.2 Å². The molecular formula is C19H23N5O4. The zero-order valence-electron chi connectivity index (χ0n) is 15.6. The number of anilines is 3. The minimum Gasteiger partial charge on any atom is -0.478 e. The minimum absolute atomic E-state index is 0.177. The molecule has 2 aromatic rings. The van der Waals surface area contributed by atoms with E-state index in [2.05, 4.69) is 20.6 Å². The largest absolute Gasteiger partial charge is 0.478 e. The van der Waals surface area contributed by atoms with E-state index in [1.165, 1.54) is 12.1 Å². The summed E-state index contributed by atoms with van der Waals surface area (Å²) in [6.45, 7) is 3.43. The number of rotatable bonds is 6. The Morgan fingerprint density at radius 1 is 1.21 bits per heavy atom. The molecule has 9 heteroatoms. The number of nitrogens with zero attached hydrogens (tertiary/aromatic N) is 3. The number of carbonyl (C=O) groups excluding carboxylic acids is 1. The molecule has 0 aliphatic carbocycles. The summed E-state index contributed by atoms with van der Waals surface area (Å²) in [5.41, 5.74) is 0.960. The highest BCUT2D eigenvalue weighted by atomic mass is 16.6. The van der Waals surface area contributed by atoms with Gasteiger partial charge in [0.15, 0.2) is 0 Å². The van der Waals surface area contributed by atoms with E-state index < -0.39 is 5.97 Å². The Bertz CT molecular complexity index is 819. The summed E-state index contributed by atoms with van der Waals surface area (Å²) >= 11 is 0. The zero-order chi connectivity index (χ0) is 19.9. The predicted octanol–water partition coefficient (Wildman–Crippen LogP) is 2.95. The Kier molecular flexibility index (Phi) is 6.25. The summed E-state index contributed by atoms with van der Waals surface area (Å²) < 4.78 is 5.03. The smallest absolute Gasteiger partial charge is 0.409 e. The molecule has 0 saturated carbocycles. The number of carboxylic acids is 1. The van der Waals surface area contributed by atoms with Crippen LogP contribution in [0.5, 0.6) is 0 Å². The predicted molar refractivity (Wildman–Crippen MR) is 104 cm³/mol. The lowest BCUT2D eigenvalue weighted by molar-refractivity contribution is 0.0696. The molecule has 9 nitrogen and oxygen atoms in total. The average molecular weight is 385 g/mol. The van der Waals surface area contributed by atoms with Crippen LogP contribution in [0.15, 0.2) is 36.5 Å². The van der Waals surface area contributed by atoms with Crippen molar-refractivity contribution in [3.05, 3.63) is 42.1 Å². The number of hydrogen-bond donors (Lipinski definition) is 3. The zero-order valence-corrected chi connectivity index (χ0v) is 15.6. The van der Waals surface area contributed by atoms with Gasteiger partial charge < -0.3 is 25.4 Å². The highest BCUT2D eigenvalue weighted by Gasteiger charge is 2.23. The number of aromatic carboxylic acids is 1. The fourth-order valence-electron chi connectivity index (χ4n) is 2.95. The van der Waals surface area contributed by atoms with Crippen molar-refractivity contribution < 1.29 is 19.4 Å². The summed E-state index contributed by atoms with van der Waals surface area (Å²) in [5.74, 6) is 0.139. The molecule has 1 aliphatic rings. The maximum atomic E-state index is 11.8. The van der Waals surface area contributed by atoms with Gasteiger partial charge in [-0.2, -0.15) is 4.98 Å². The van der Waals surface area contributed by atoms with E-state index in [1.807, 2.05) is 0 Å². The highest BCUT2D eigenvalue weighted by Crippen LogP contribution is 2.18. The van der Waals surface area contributed by atoms with E-state index in [9.17, 15) is 9.59 Å². The standard InChI is InChI=1S/C19H23N5O4/c1-2-28-19(27)24-11-8-15(9-12-24)22-18-20-10-7-16(23-18)21-14-5-3-13(4-6-14)17(25)26/h3-7,10,15H,2,8-9,11-12H2,1H3,(H,25,26)(H2,20,21,22,23). The maximum absolute atomic E-state index is 11.8. The van der Waals surface area contributed by atoms with Gasteiger partial charge in [-0.25, -0.2) is 14.6 Å². The number of ether oxygens (including phenoxy) is 1. The van der Waals surface area contributed by atoms with Crippen molar-refractivity contribution in [3.63, 3.8) is 0 Å². The van der Waals surface area contributed by atoms with Crippen LogP contribution in [0, 0.1) is 0 Å². The fourth-order valence-corrected chi connectivity index (χ4v) is 2.95. The number of likely N-dealkylation sites (tertiary alicyclic amines) is 1. The summed E-state index contributed by atoms with van der Waals surface area (Å²) in [5, 5.41) is 15.4. The number of benzene rings is 1. The molecule has 1 amide bonds. The van der Waals surface area contributed by atoms with Crippen molar-refractivity contribution in [1.82, 2.24) is 14.9 Å². The molecule has 28 heavy (non-hydrogen) atoms. The Hall–Kier alpha value is -3.36. The molecule has 0 radical (unpaired) electrons. The van der Waals surface area contributed by atoms with Crippen molar-refractivity contribution in [2.75, 3.05) is 30.3 Å². The lowest BCUT2D eigenvalue weighted by Gasteiger charge is -2.31. The molecule has 1 fully saturated rings. The topological polar surface area (TPSA) is 117 Å². The van der Waals surface area contributed by atoms with Crippen molar-refractivity contribution in [1.29, 1.82) is 0 Å². The van der Waals surface area contributed by atoms with E-state index in [1.54, 1.807) is 36.2 Å². The number of amides is 1. The maximum Gasteiger partial charge on any atom is 0.409 e. The van der Waals surface area contributed by atoms with Crippen LogP contribution in [-0.2, 0) is 4.74 Å². The van der Waals surface area contributed by atoms with Crippen LogP contribution >= 0.6 is 0 Å². The van der Waals surface area contributed by atoms with Crippen LogP contribution in [0.2, 0.25) is 0 Å². The first-order valence-corrected chi connectivity index (χ1v) is 9.17. The van der Waals surface area contributed by atoms with Crippen molar-refractivity contribution >= 4 is 29.5 Å². The third-order valence-electron chi connectivity index (χ3n) is 4.41. The Balaban J connectivity index is 1.55. The number of carbonyl (C=O) groups is 2. The Morgan fingerprint density at radius 2 is 1.93 bits per heavy atom. The molecule has 3 rings (SSSR count). The van der Waals surface area contributed by atoms with Crippen molar-refractivity contribution in [2.45, 2.75) is 25.8 Å². The second kappa shape index (κ2) is 9.03. The van der Waals surface area contributed by atoms with E-state index in [0.29, 0.717) is 31.5 Å². The van der Waals surface area contributed by atoms with Crippen LogP contribution in [-0.4, -0.2) is 57.8 Å². The molecule has 0 spiro atoms. The van der Waals surface area contributed by atoms with Gasteiger partial charge in [-0.1, -0.05) is 0 Å². The monoisotopic (exact) mass is 385 g/mol. The molecule has 1 aromatic heterocycles. The van der Waals surface area contributed by atoms with Crippen LogP contribution in [0.4, 0.5) is 22.2 Å². The van der Waals surface area contributed by atoms with Gasteiger partial charge in [0.1, 0.15) is 5.82 Å². The van der Waals surface area contributed by atoms with Gasteiger partial charge in [0.25, 0.3) is 0 Å². The van der Waals surface area contributed by atoms with Gasteiger partial charge in [0, 0.05) is 31.0 Å². The lowest BCUT2D eigenvalue weighted by atomic mass is 10.1. The molecule has 3 N–H and O–H groups in total. The van der Waals surface area contributed by atoms with Crippen molar-refractivity contribution in [2.24, 2.45) is 0 Å². The van der Waals surface area contributed by atoms with Crippen LogP contribution in [0.25, 0.3) is 0 Å². The van der Waals surface area contributed by atoms with Gasteiger partial charge in [-0.15, -0.1) is 0 Å². The lowest BCUT2D eigenvalue weighted by Crippen LogP contribution is -2.42. The third kappa shape index (κ3) is 5.09. The molecule has 1 aromatic carbocycles. The molecule has 0 unspecified atom stereocenters. The quantitative estimate of drug-likeness (QED) is 0.695. The summed E-state index contributed by atoms with van der Waals surface area (Å²) in [6.07, 6.45) is 2.96. The van der Waals surface area contributed by atoms with E-state index in [4.69, 9.17) is 9.84 Å². The van der Waals surface area contributed by atoms with Gasteiger partial charge in [0.2, 0.25) is 5.95 Å². The number of carboxylic acid groups (broad SMARTS) is 1. The second-order valence-corrected chi connectivity index (χ2v) is 6.38. The minimum atomic E-state index is -0.964. The molecular weight excluding hydrogens is 362 g/mol. The van der Waals surface area contributed by atoms with Crippen LogP contribution in [0.1, 0.15) is 30.1 Å². The first kappa shape index (κ1) is 19.4. The number of nitrogens with one attached hydrogen (secondary N) is 2. The van der Waals surface area contributed by atoms with E-state index in [0.717, 1.165) is 18.5 Å². The molecule has 0 bridgehead atoms. The normalized spacial score (nSPS) is 14.4. The highest BCUT2D eigenvalue weighted by molar-refractivity contribution is 5.88. The van der Waals surface area contributed by atoms with Gasteiger partial charge in [-0.05, 0) is 50.1 Å². The fraction of sp³-hybridized carbons (Fsp3) is 0.368.